The first-order chi connectivity index (χ1) is 17.2. The Morgan fingerprint density at radius 3 is 2.08 bits per heavy atom. The minimum atomic E-state index is -4.64. The minimum Gasteiger partial charge on any atom is -0.497 e. The Kier molecular flexibility index (Phi) is 8.03. The van der Waals surface area contributed by atoms with E-state index in [1.807, 2.05) is 0 Å². The summed E-state index contributed by atoms with van der Waals surface area (Å²) in [5.74, 6) is -0.196. The van der Waals surface area contributed by atoms with Crippen molar-refractivity contribution in [3.63, 3.8) is 0 Å². The summed E-state index contributed by atoms with van der Waals surface area (Å²) in [6.45, 7) is -0.553. The Morgan fingerprint density at radius 2 is 1.54 bits per heavy atom. The van der Waals surface area contributed by atoms with Crippen molar-refractivity contribution in [3.05, 3.63) is 78.4 Å². The van der Waals surface area contributed by atoms with Gasteiger partial charge in [-0.3, -0.25) is 13.8 Å². The van der Waals surface area contributed by atoms with Crippen LogP contribution in [0.15, 0.2) is 77.7 Å². The number of benzene rings is 3. The highest BCUT2D eigenvalue weighted by atomic mass is 32.2. The predicted octanol–water partition coefficient (Wildman–Crippen LogP) is 3.92. The molecule has 0 bridgehead atoms. The van der Waals surface area contributed by atoms with Gasteiger partial charge in [-0.2, -0.15) is 13.2 Å². The molecule has 0 unspecified atom stereocenters. The molecule has 14 heteroatoms. The third kappa shape index (κ3) is 7.36. The molecule has 3 rings (SSSR count). The van der Waals surface area contributed by atoms with Gasteiger partial charge in [0.15, 0.2) is 0 Å². The average Bonchev–Trinajstić information content (AvgIpc) is 2.82. The monoisotopic (exact) mass is 557 g/mol. The molecule has 37 heavy (non-hydrogen) atoms. The summed E-state index contributed by atoms with van der Waals surface area (Å²) in [7, 11) is -6.60. The molecule has 0 saturated heterocycles. The molecule has 0 atom stereocenters. The quantitative estimate of drug-likeness (QED) is 0.411. The number of hydrogen-bond acceptors (Lipinski definition) is 6. The number of amides is 1. The number of nitrogens with zero attached hydrogens (tertiary/aromatic N) is 1. The van der Waals surface area contributed by atoms with Crippen molar-refractivity contribution in [2.45, 2.75) is 11.1 Å². The molecule has 0 fully saturated rings. The van der Waals surface area contributed by atoms with Crippen LogP contribution in [0.3, 0.4) is 0 Å². The second kappa shape index (κ2) is 10.7. The number of anilines is 3. The molecule has 9 nitrogen and oxygen atoms in total. The Labute approximate surface area is 212 Å². The average molecular weight is 558 g/mol. The molecule has 2 N–H and O–H groups in total. The van der Waals surface area contributed by atoms with Crippen molar-refractivity contribution >= 4 is 43.0 Å². The van der Waals surface area contributed by atoms with Crippen LogP contribution in [-0.4, -0.2) is 42.7 Å². The largest absolute Gasteiger partial charge is 0.497 e. The summed E-state index contributed by atoms with van der Waals surface area (Å²) in [6.07, 6.45) is -3.69. The maximum atomic E-state index is 12.9. The number of carbonyl (C=O) groups is 1. The first-order valence-electron chi connectivity index (χ1n) is 10.4. The van der Waals surface area contributed by atoms with Crippen molar-refractivity contribution in [2.24, 2.45) is 0 Å². The number of rotatable bonds is 9. The molecule has 0 saturated carbocycles. The van der Waals surface area contributed by atoms with Crippen LogP contribution in [0, 0.1) is 0 Å². The van der Waals surface area contributed by atoms with Gasteiger partial charge in [0.2, 0.25) is 15.9 Å². The Hall–Kier alpha value is -3.78. The molecule has 0 aliphatic rings. The number of methoxy groups -OCH3 is 1. The maximum Gasteiger partial charge on any atom is 0.416 e. The zero-order valence-corrected chi connectivity index (χ0v) is 21.1. The second-order valence-electron chi connectivity index (χ2n) is 7.72. The van der Waals surface area contributed by atoms with Crippen LogP contribution >= 0.6 is 0 Å². The van der Waals surface area contributed by atoms with Crippen molar-refractivity contribution in [1.29, 1.82) is 0 Å². The zero-order chi connectivity index (χ0) is 27.4. The second-order valence-corrected chi connectivity index (χ2v) is 11.3. The van der Waals surface area contributed by atoms with E-state index >= 15 is 0 Å². The summed E-state index contributed by atoms with van der Waals surface area (Å²) in [5.41, 5.74) is -0.873. The van der Waals surface area contributed by atoms with Crippen molar-refractivity contribution < 1.29 is 39.5 Å². The SMILES string of the molecule is COc1ccc(N(CC(=O)Nc2ccc(S(=O)(=O)Nc3cccc(C(F)(F)F)c3)cc2)S(C)(=O)=O)cc1. The molecular formula is C23H22F3N3O6S2. The number of nitrogens with one attached hydrogen (secondary N) is 2. The number of hydrogen-bond donors (Lipinski definition) is 2. The van der Waals surface area contributed by atoms with E-state index in [-0.39, 0.29) is 22.0 Å². The molecule has 0 heterocycles. The fraction of sp³-hybridized carbons (Fsp3) is 0.174. The molecule has 3 aromatic carbocycles. The summed E-state index contributed by atoms with van der Waals surface area (Å²) in [5, 5.41) is 2.48. The molecular weight excluding hydrogens is 535 g/mol. The Balaban J connectivity index is 1.71. The van der Waals surface area contributed by atoms with Crippen LogP contribution in [0.1, 0.15) is 5.56 Å². The third-order valence-corrected chi connectivity index (χ3v) is 7.48. The Morgan fingerprint density at radius 1 is 0.919 bits per heavy atom. The summed E-state index contributed by atoms with van der Waals surface area (Å²) >= 11 is 0. The molecule has 198 valence electrons. The summed E-state index contributed by atoms with van der Waals surface area (Å²) in [4.78, 5) is 12.3. The van der Waals surface area contributed by atoms with Crippen molar-refractivity contribution in [2.75, 3.05) is 34.3 Å². The number of sulfonamides is 2. The van der Waals surface area contributed by atoms with Gasteiger partial charge in [0.05, 0.1) is 29.5 Å². The van der Waals surface area contributed by atoms with E-state index in [0.717, 1.165) is 34.8 Å². The summed E-state index contributed by atoms with van der Waals surface area (Å²) < 4.78 is 96.3. The topological polar surface area (TPSA) is 122 Å². The number of alkyl halides is 3. The lowest BCUT2D eigenvalue weighted by molar-refractivity contribution is -0.137. The highest BCUT2D eigenvalue weighted by Gasteiger charge is 2.30. The molecule has 0 aliphatic carbocycles. The lowest BCUT2D eigenvalue weighted by atomic mass is 10.2. The zero-order valence-electron chi connectivity index (χ0n) is 19.5. The van der Waals surface area contributed by atoms with Crippen LogP contribution in [0.25, 0.3) is 0 Å². The predicted molar refractivity (Wildman–Crippen MR) is 133 cm³/mol. The molecule has 0 aliphatic heterocycles. The van der Waals surface area contributed by atoms with Gasteiger partial charge in [-0.15, -0.1) is 0 Å². The standard InChI is InChI=1S/C23H22F3N3O6S2/c1-35-20-10-8-19(9-11-20)29(36(2,31)32)15-22(30)27-17-6-12-21(13-7-17)37(33,34)28-18-5-3-4-16(14-18)23(24,25)26/h3-14,28H,15H2,1-2H3,(H,27,30). The number of carbonyl (C=O) groups excluding carboxylic acids is 1. The van der Waals surface area contributed by atoms with Gasteiger partial charge >= 0.3 is 6.18 Å². The maximum absolute atomic E-state index is 12.9. The third-order valence-electron chi connectivity index (χ3n) is 4.94. The van der Waals surface area contributed by atoms with Crippen LogP contribution in [0.2, 0.25) is 0 Å². The van der Waals surface area contributed by atoms with Crippen LogP contribution in [0.4, 0.5) is 30.2 Å². The van der Waals surface area contributed by atoms with E-state index in [2.05, 4.69) is 10.0 Å². The van der Waals surface area contributed by atoms with Crippen LogP contribution < -0.4 is 19.1 Å². The lowest BCUT2D eigenvalue weighted by Crippen LogP contribution is -2.37. The van der Waals surface area contributed by atoms with E-state index in [1.54, 1.807) is 0 Å². The fourth-order valence-electron chi connectivity index (χ4n) is 3.17. The first kappa shape index (κ1) is 27.8. The van der Waals surface area contributed by atoms with Gasteiger partial charge in [-0.1, -0.05) is 6.07 Å². The molecule has 0 radical (unpaired) electrons. The highest BCUT2D eigenvalue weighted by Crippen LogP contribution is 2.31. The molecule has 3 aromatic rings. The van der Waals surface area contributed by atoms with Gasteiger partial charge in [0.1, 0.15) is 12.3 Å². The van der Waals surface area contributed by atoms with Gasteiger partial charge in [-0.05, 0) is 66.7 Å². The highest BCUT2D eigenvalue weighted by molar-refractivity contribution is 7.92. The van der Waals surface area contributed by atoms with E-state index < -0.39 is 44.2 Å². The summed E-state index contributed by atoms with van der Waals surface area (Å²) in [6, 6.07) is 14.6. The molecule has 0 spiro atoms. The van der Waals surface area contributed by atoms with Gasteiger partial charge < -0.3 is 10.1 Å². The van der Waals surface area contributed by atoms with E-state index in [0.29, 0.717) is 11.8 Å². The van der Waals surface area contributed by atoms with Gasteiger partial charge in [-0.25, -0.2) is 16.8 Å². The van der Waals surface area contributed by atoms with Crippen molar-refractivity contribution in [1.82, 2.24) is 0 Å². The number of halogens is 3. The van der Waals surface area contributed by atoms with Gasteiger partial charge in [0, 0.05) is 11.4 Å². The van der Waals surface area contributed by atoms with E-state index in [9.17, 15) is 34.8 Å². The fourth-order valence-corrected chi connectivity index (χ4v) is 5.08. The first-order valence-corrected chi connectivity index (χ1v) is 13.7. The number of ether oxygens (including phenoxy) is 1. The minimum absolute atomic E-state index is 0.172. The normalized spacial score (nSPS) is 12.0. The van der Waals surface area contributed by atoms with Gasteiger partial charge in [0.25, 0.3) is 10.0 Å². The Bertz CT molecular complexity index is 1480. The molecule has 1 amide bonds. The smallest absolute Gasteiger partial charge is 0.416 e. The lowest BCUT2D eigenvalue weighted by Gasteiger charge is -2.22. The van der Waals surface area contributed by atoms with E-state index in [4.69, 9.17) is 4.74 Å². The molecule has 0 aromatic heterocycles. The van der Waals surface area contributed by atoms with E-state index in [1.165, 1.54) is 49.6 Å². The van der Waals surface area contributed by atoms with Crippen molar-refractivity contribution in [3.8, 4) is 5.75 Å². The van der Waals surface area contributed by atoms with Crippen LogP contribution in [-0.2, 0) is 31.0 Å². The van der Waals surface area contributed by atoms with Crippen LogP contribution in [0.5, 0.6) is 5.75 Å².